The number of hydrogen-bond donors (Lipinski definition) is 2. The van der Waals surface area contributed by atoms with Gasteiger partial charge in [0.1, 0.15) is 6.10 Å². The zero-order chi connectivity index (χ0) is 12.3. The van der Waals surface area contributed by atoms with Crippen LogP contribution in [0.4, 0.5) is 0 Å². The van der Waals surface area contributed by atoms with Gasteiger partial charge in [0.2, 0.25) is 0 Å². The Hall–Kier alpha value is -0.380. The summed E-state index contributed by atoms with van der Waals surface area (Å²) in [7, 11) is 0. The number of rotatable bonds is 4. The quantitative estimate of drug-likeness (QED) is 0.849. The summed E-state index contributed by atoms with van der Waals surface area (Å²) in [6.07, 6.45) is -0.402. The van der Waals surface area contributed by atoms with E-state index < -0.39 is 6.10 Å². The number of hydrogen-bond acceptors (Lipinski definition) is 3. The van der Waals surface area contributed by atoms with Gasteiger partial charge in [-0.2, -0.15) is 0 Å². The minimum absolute atomic E-state index is 0.108. The summed E-state index contributed by atoms with van der Waals surface area (Å²) in [5.74, 6) is 0. The maximum absolute atomic E-state index is 10.1. The van der Waals surface area contributed by atoms with Crippen molar-refractivity contribution in [3.8, 4) is 0 Å². The van der Waals surface area contributed by atoms with Crippen LogP contribution in [0, 0.1) is 0 Å². The molecule has 0 aromatic carbocycles. The minimum Gasteiger partial charge on any atom is -0.386 e. The van der Waals surface area contributed by atoms with E-state index in [1.165, 1.54) is 4.88 Å². The van der Waals surface area contributed by atoms with Gasteiger partial charge in [-0.05, 0) is 31.0 Å². The van der Waals surface area contributed by atoms with Crippen molar-refractivity contribution in [1.82, 2.24) is 5.32 Å². The Bertz CT molecular complexity index is 327. The van der Waals surface area contributed by atoms with Crippen LogP contribution in [0.5, 0.6) is 0 Å². The highest BCUT2D eigenvalue weighted by molar-refractivity contribution is 7.12. The fourth-order valence-corrected chi connectivity index (χ4v) is 2.75. The number of aliphatic hydroxyl groups is 1. The fraction of sp³-hybridized carbons (Fsp3) is 0.692. The van der Waals surface area contributed by atoms with Gasteiger partial charge in [0.15, 0.2) is 0 Å². The van der Waals surface area contributed by atoms with Crippen LogP contribution in [-0.4, -0.2) is 17.7 Å². The molecule has 2 unspecified atom stereocenters. The summed E-state index contributed by atoms with van der Waals surface area (Å²) in [5, 5.41) is 13.4. The normalized spacial score (nSPS) is 16.1. The Balaban J connectivity index is 2.78. The van der Waals surface area contributed by atoms with Crippen molar-refractivity contribution < 1.29 is 5.11 Å². The average molecular weight is 241 g/mol. The van der Waals surface area contributed by atoms with Gasteiger partial charge in [-0.15, -0.1) is 11.3 Å². The van der Waals surface area contributed by atoms with E-state index in [1.807, 2.05) is 13.0 Å². The maximum Gasteiger partial charge on any atom is 0.103 e. The smallest absolute Gasteiger partial charge is 0.103 e. The molecule has 0 aliphatic rings. The second-order valence-corrected chi connectivity index (χ2v) is 6.36. The van der Waals surface area contributed by atoms with Crippen molar-refractivity contribution in [3.05, 3.63) is 21.9 Å². The summed E-state index contributed by atoms with van der Waals surface area (Å²) < 4.78 is 0. The summed E-state index contributed by atoms with van der Waals surface area (Å²) >= 11 is 1.71. The van der Waals surface area contributed by atoms with E-state index in [9.17, 15) is 5.11 Å². The van der Waals surface area contributed by atoms with Crippen molar-refractivity contribution in [3.63, 3.8) is 0 Å². The molecule has 1 rings (SSSR count). The van der Waals surface area contributed by atoms with E-state index in [2.05, 4.69) is 39.1 Å². The molecule has 0 spiro atoms. The van der Waals surface area contributed by atoms with Crippen LogP contribution in [0.15, 0.2) is 12.1 Å². The summed E-state index contributed by atoms with van der Waals surface area (Å²) in [5.41, 5.74) is 0.171. The van der Waals surface area contributed by atoms with Crippen LogP contribution < -0.4 is 5.32 Å². The second-order valence-electron chi connectivity index (χ2n) is 5.24. The molecule has 2 nitrogen and oxygen atoms in total. The van der Waals surface area contributed by atoms with E-state index in [4.69, 9.17) is 0 Å². The van der Waals surface area contributed by atoms with Crippen molar-refractivity contribution in [2.75, 3.05) is 6.54 Å². The molecule has 2 N–H and O–H groups in total. The van der Waals surface area contributed by atoms with Gasteiger partial charge in [0.25, 0.3) is 0 Å². The van der Waals surface area contributed by atoms with Crippen molar-refractivity contribution >= 4 is 11.3 Å². The lowest BCUT2D eigenvalue weighted by Crippen LogP contribution is -2.31. The zero-order valence-corrected chi connectivity index (χ0v) is 11.7. The molecule has 2 atom stereocenters. The molecule has 0 bridgehead atoms. The summed E-state index contributed by atoms with van der Waals surface area (Å²) in [6, 6.07) is 4.28. The second kappa shape index (κ2) is 5.30. The molecule has 0 aliphatic carbocycles. The lowest BCUT2D eigenvalue weighted by Gasteiger charge is -2.19. The van der Waals surface area contributed by atoms with E-state index in [-0.39, 0.29) is 11.5 Å². The zero-order valence-electron chi connectivity index (χ0n) is 10.9. The largest absolute Gasteiger partial charge is 0.386 e. The lowest BCUT2D eigenvalue weighted by molar-refractivity contribution is 0.140. The van der Waals surface area contributed by atoms with E-state index in [0.29, 0.717) is 0 Å². The van der Waals surface area contributed by atoms with Crippen molar-refractivity contribution in [2.24, 2.45) is 0 Å². The monoisotopic (exact) mass is 241 g/mol. The van der Waals surface area contributed by atoms with Crippen LogP contribution in [0.1, 0.15) is 50.5 Å². The Labute approximate surface area is 103 Å². The van der Waals surface area contributed by atoms with Gasteiger partial charge in [-0.25, -0.2) is 0 Å². The SMILES string of the molecule is CCNC(C)C(O)c1ccc(C(C)(C)C)s1. The molecule has 0 aliphatic heterocycles. The molecular weight excluding hydrogens is 218 g/mol. The van der Waals surface area contributed by atoms with Gasteiger partial charge in [0, 0.05) is 15.8 Å². The van der Waals surface area contributed by atoms with Gasteiger partial charge < -0.3 is 10.4 Å². The van der Waals surface area contributed by atoms with Crippen molar-refractivity contribution in [2.45, 2.75) is 52.2 Å². The molecule has 0 saturated carbocycles. The summed E-state index contributed by atoms with van der Waals surface area (Å²) in [4.78, 5) is 2.38. The first kappa shape index (κ1) is 13.7. The highest BCUT2D eigenvalue weighted by Crippen LogP contribution is 2.33. The molecule has 3 heteroatoms. The molecule has 16 heavy (non-hydrogen) atoms. The van der Waals surface area contributed by atoms with Gasteiger partial charge in [0.05, 0.1) is 0 Å². The minimum atomic E-state index is -0.402. The third-order valence-electron chi connectivity index (χ3n) is 2.66. The number of likely N-dealkylation sites (N-methyl/N-ethyl adjacent to an activating group) is 1. The van der Waals surface area contributed by atoms with Gasteiger partial charge in [-0.1, -0.05) is 27.7 Å². The Kier molecular flexibility index (Phi) is 4.53. The maximum atomic E-state index is 10.1. The van der Waals surface area contributed by atoms with Gasteiger partial charge in [-0.3, -0.25) is 0 Å². The average Bonchev–Trinajstić information content (AvgIpc) is 2.65. The molecule has 1 aromatic rings. The third-order valence-corrected chi connectivity index (χ3v) is 4.24. The Morgan fingerprint density at radius 3 is 2.44 bits per heavy atom. The predicted octanol–water partition coefficient (Wildman–Crippen LogP) is 3.08. The highest BCUT2D eigenvalue weighted by atomic mass is 32.1. The predicted molar refractivity (Wildman–Crippen MR) is 71.1 cm³/mol. The lowest BCUT2D eigenvalue weighted by atomic mass is 9.95. The van der Waals surface area contributed by atoms with Crippen LogP contribution >= 0.6 is 11.3 Å². The third kappa shape index (κ3) is 3.30. The van der Waals surface area contributed by atoms with Crippen LogP contribution in [0.3, 0.4) is 0 Å². The molecule has 0 saturated heterocycles. The standard InChI is InChI=1S/C13H23NOS/c1-6-14-9(2)12(15)10-7-8-11(16-10)13(3,4)5/h7-9,12,14-15H,6H2,1-5H3. The van der Waals surface area contributed by atoms with E-state index in [1.54, 1.807) is 11.3 Å². The van der Waals surface area contributed by atoms with E-state index >= 15 is 0 Å². The van der Waals surface area contributed by atoms with Crippen LogP contribution in [-0.2, 0) is 5.41 Å². The molecule has 1 heterocycles. The first-order valence-corrected chi connectivity index (χ1v) is 6.69. The molecule has 1 aromatic heterocycles. The number of aliphatic hydroxyl groups excluding tert-OH is 1. The topological polar surface area (TPSA) is 32.3 Å². The highest BCUT2D eigenvalue weighted by Gasteiger charge is 2.21. The molecule has 0 radical (unpaired) electrons. The molecule has 0 amide bonds. The molecule has 92 valence electrons. The molecule has 0 fully saturated rings. The van der Waals surface area contributed by atoms with E-state index in [0.717, 1.165) is 11.4 Å². The van der Waals surface area contributed by atoms with Crippen LogP contribution in [0.2, 0.25) is 0 Å². The fourth-order valence-electron chi connectivity index (χ4n) is 1.59. The van der Waals surface area contributed by atoms with Crippen molar-refractivity contribution in [1.29, 1.82) is 0 Å². The first-order valence-electron chi connectivity index (χ1n) is 5.88. The molecular formula is C13H23NOS. The Morgan fingerprint density at radius 2 is 2.00 bits per heavy atom. The number of thiophene rings is 1. The summed E-state index contributed by atoms with van der Waals surface area (Å²) in [6.45, 7) is 11.5. The Morgan fingerprint density at radius 1 is 1.38 bits per heavy atom. The number of nitrogens with one attached hydrogen (secondary N) is 1. The van der Waals surface area contributed by atoms with Gasteiger partial charge >= 0.3 is 0 Å². The first-order chi connectivity index (χ1) is 7.36. The van der Waals surface area contributed by atoms with Crippen LogP contribution in [0.25, 0.3) is 0 Å².